The van der Waals surface area contributed by atoms with Crippen LogP contribution in [0.5, 0.6) is 11.5 Å². The number of nitrogens with one attached hydrogen (secondary N) is 2. The van der Waals surface area contributed by atoms with Gasteiger partial charge >= 0.3 is 0 Å². The topological polar surface area (TPSA) is 90.8 Å². The third-order valence-corrected chi connectivity index (χ3v) is 4.86. The van der Waals surface area contributed by atoms with Gasteiger partial charge in [0.15, 0.2) is 17.3 Å². The second-order valence-corrected chi connectivity index (χ2v) is 7.24. The number of rotatable bonds is 6. The Hall–Kier alpha value is -3.08. The smallest absolute Gasteiger partial charge is 0.273 e. The Morgan fingerprint density at radius 3 is 2.73 bits per heavy atom. The van der Waals surface area contributed by atoms with Crippen molar-refractivity contribution in [1.29, 1.82) is 5.26 Å². The van der Waals surface area contributed by atoms with E-state index in [2.05, 4.69) is 15.3 Å². The summed E-state index contributed by atoms with van der Waals surface area (Å²) in [6.07, 6.45) is 0.684. The normalized spacial score (nSPS) is 10.5. The molecule has 6 nitrogen and oxygen atoms in total. The fraction of sp³-hybridized carbons (Fsp3) is 0.190. The molecule has 0 bridgehead atoms. The van der Waals surface area contributed by atoms with Gasteiger partial charge < -0.3 is 15.0 Å². The van der Waals surface area contributed by atoms with Crippen LogP contribution in [0.3, 0.4) is 0 Å². The van der Waals surface area contributed by atoms with Gasteiger partial charge in [-0.2, -0.15) is 5.26 Å². The van der Waals surface area contributed by atoms with E-state index in [0.717, 1.165) is 5.56 Å². The first-order chi connectivity index (χ1) is 14.3. The summed E-state index contributed by atoms with van der Waals surface area (Å²) in [6, 6.07) is 9.93. The number of halogens is 3. The third kappa shape index (κ3) is 4.73. The molecule has 0 saturated heterocycles. The van der Waals surface area contributed by atoms with Gasteiger partial charge in [-0.3, -0.25) is 4.79 Å². The minimum Gasteiger partial charge on any atom is -0.453 e. The number of hydrogen-bond acceptors (Lipinski definition) is 4. The molecule has 2 aromatic carbocycles. The SMILES string of the molecule is CCc1cc(C#N)cc(Oc2c(Cl)ccc(CNC(=O)c3nc(C)[nH]c3Cl)c2F)c1. The number of aromatic nitrogens is 2. The Labute approximate surface area is 182 Å². The molecule has 2 N–H and O–H groups in total. The first kappa shape index (κ1) is 21.6. The minimum atomic E-state index is -0.715. The number of benzene rings is 2. The number of nitrogens with zero attached hydrogens (tertiary/aromatic N) is 2. The molecule has 3 rings (SSSR count). The molecule has 30 heavy (non-hydrogen) atoms. The van der Waals surface area contributed by atoms with Crippen LogP contribution in [-0.2, 0) is 13.0 Å². The highest BCUT2D eigenvalue weighted by Gasteiger charge is 2.18. The molecule has 0 aliphatic rings. The summed E-state index contributed by atoms with van der Waals surface area (Å²) in [4.78, 5) is 19.0. The predicted octanol–water partition coefficient (Wildman–Crippen LogP) is 5.32. The highest BCUT2D eigenvalue weighted by Crippen LogP contribution is 2.34. The molecule has 154 valence electrons. The quantitative estimate of drug-likeness (QED) is 0.535. The molecule has 0 aliphatic carbocycles. The van der Waals surface area contributed by atoms with Crippen molar-refractivity contribution in [2.75, 3.05) is 0 Å². The summed E-state index contributed by atoms with van der Waals surface area (Å²) in [6.45, 7) is 3.47. The summed E-state index contributed by atoms with van der Waals surface area (Å²) in [5, 5.41) is 11.9. The van der Waals surface area contributed by atoms with Crippen LogP contribution in [0.15, 0.2) is 30.3 Å². The van der Waals surface area contributed by atoms with E-state index in [1.54, 1.807) is 19.1 Å². The first-order valence-electron chi connectivity index (χ1n) is 9.01. The van der Waals surface area contributed by atoms with Gasteiger partial charge in [0.25, 0.3) is 5.91 Å². The van der Waals surface area contributed by atoms with E-state index in [-0.39, 0.29) is 33.7 Å². The van der Waals surface area contributed by atoms with Gasteiger partial charge in [0.1, 0.15) is 16.7 Å². The number of aryl methyl sites for hydroxylation is 2. The van der Waals surface area contributed by atoms with Crippen LogP contribution in [0.4, 0.5) is 4.39 Å². The highest BCUT2D eigenvalue weighted by atomic mass is 35.5. The van der Waals surface area contributed by atoms with Gasteiger partial charge in [-0.25, -0.2) is 9.37 Å². The van der Waals surface area contributed by atoms with Crippen molar-refractivity contribution in [3.63, 3.8) is 0 Å². The number of imidazole rings is 1. The van der Waals surface area contributed by atoms with Crippen LogP contribution in [0.25, 0.3) is 0 Å². The van der Waals surface area contributed by atoms with E-state index in [1.807, 2.05) is 13.0 Å². The lowest BCUT2D eigenvalue weighted by atomic mass is 10.1. The monoisotopic (exact) mass is 446 g/mol. The maximum atomic E-state index is 15.0. The predicted molar refractivity (Wildman–Crippen MR) is 112 cm³/mol. The maximum Gasteiger partial charge on any atom is 0.273 e. The van der Waals surface area contributed by atoms with E-state index in [0.29, 0.717) is 23.6 Å². The molecule has 0 fully saturated rings. The lowest BCUT2D eigenvalue weighted by Gasteiger charge is -2.13. The van der Waals surface area contributed by atoms with Gasteiger partial charge in [0, 0.05) is 12.1 Å². The van der Waals surface area contributed by atoms with Crippen molar-refractivity contribution < 1.29 is 13.9 Å². The van der Waals surface area contributed by atoms with Gasteiger partial charge in [-0.05, 0) is 43.2 Å². The van der Waals surface area contributed by atoms with E-state index >= 15 is 4.39 Å². The highest BCUT2D eigenvalue weighted by molar-refractivity contribution is 6.32. The zero-order chi connectivity index (χ0) is 21.8. The number of nitriles is 1. The zero-order valence-corrected chi connectivity index (χ0v) is 17.7. The van der Waals surface area contributed by atoms with Crippen LogP contribution in [-0.4, -0.2) is 15.9 Å². The zero-order valence-electron chi connectivity index (χ0n) is 16.1. The average molecular weight is 447 g/mol. The molecule has 3 aromatic rings. The van der Waals surface area contributed by atoms with Crippen molar-refractivity contribution >= 4 is 29.1 Å². The fourth-order valence-electron chi connectivity index (χ4n) is 2.78. The second-order valence-electron chi connectivity index (χ2n) is 6.45. The lowest BCUT2D eigenvalue weighted by molar-refractivity contribution is 0.0946. The molecule has 0 saturated carbocycles. The molecule has 0 spiro atoms. The Balaban J connectivity index is 1.83. The molecule has 0 radical (unpaired) electrons. The van der Waals surface area contributed by atoms with Crippen molar-refractivity contribution in [1.82, 2.24) is 15.3 Å². The van der Waals surface area contributed by atoms with Crippen LogP contribution in [0.2, 0.25) is 10.2 Å². The Morgan fingerprint density at radius 2 is 2.10 bits per heavy atom. The Kier molecular flexibility index (Phi) is 6.60. The van der Waals surface area contributed by atoms with Crippen molar-refractivity contribution in [3.8, 4) is 17.6 Å². The van der Waals surface area contributed by atoms with Crippen LogP contribution >= 0.6 is 23.2 Å². The first-order valence-corrected chi connectivity index (χ1v) is 9.77. The molecule has 0 atom stereocenters. The van der Waals surface area contributed by atoms with E-state index in [1.165, 1.54) is 18.2 Å². The standard InChI is InChI=1S/C21H17Cl2FN4O2/c1-3-12-6-13(9-25)8-15(7-12)30-19-16(22)5-4-14(17(19)24)10-26-21(29)18-20(23)28-11(2)27-18/h4-8H,3,10H2,1-2H3,(H,26,29)(H,27,28). The Bertz CT molecular complexity index is 1150. The largest absolute Gasteiger partial charge is 0.453 e. The van der Waals surface area contributed by atoms with Crippen LogP contribution in [0.1, 0.15) is 39.9 Å². The number of carbonyl (C=O) groups is 1. The van der Waals surface area contributed by atoms with Gasteiger partial charge in [0.2, 0.25) is 0 Å². The number of hydrogen-bond donors (Lipinski definition) is 2. The number of ether oxygens (including phenoxy) is 1. The van der Waals surface area contributed by atoms with Gasteiger partial charge in [0.05, 0.1) is 16.7 Å². The maximum absolute atomic E-state index is 15.0. The van der Waals surface area contributed by atoms with Crippen molar-refractivity contribution in [2.24, 2.45) is 0 Å². The summed E-state index contributed by atoms with van der Waals surface area (Å²) < 4.78 is 20.7. The average Bonchev–Trinajstić information content (AvgIpc) is 3.08. The molecule has 1 amide bonds. The Morgan fingerprint density at radius 1 is 1.33 bits per heavy atom. The molecule has 0 aliphatic heterocycles. The van der Waals surface area contributed by atoms with Crippen molar-refractivity contribution in [2.45, 2.75) is 26.8 Å². The molecule has 9 heteroatoms. The molecule has 0 unspecified atom stereocenters. The molecule has 1 heterocycles. The number of amides is 1. The number of aromatic amines is 1. The summed E-state index contributed by atoms with van der Waals surface area (Å²) >= 11 is 12.1. The van der Waals surface area contributed by atoms with Crippen LogP contribution < -0.4 is 10.1 Å². The molecular weight excluding hydrogens is 430 g/mol. The van der Waals surface area contributed by atoms with Gasteiger partial charge in [-0.15, -0.1) is 0 Å². The van der Waals surface area contributed by atoms with E-state index in [9.17, 15) is 10.1 Å². The summed E-state index contributed by atoms with van der Waals surface area (Å²) in [7, 11) is 0. The van der Waals surface area contributed by atoms with Gasteiger partial charge in [-0.1, -0.05) is 36.2 Å². The molecule has 1 aromatic heterocycles. The minimum absolute atomic E-state index is 0.0282. The van der Waals surface area contributed by atoms with Crippen molar-refractivity contribution in [3.05, 3.63) is 74.5 Å². The molecular formula is C21H17Cl2FN4O2. The lowest BCUT2D eigenvalue weighted by Crippen LogP contribution is -2.24. The van der Waals surface area contributed by atoms with Crippen LogP contribution in [0, 0.1) is 24.1 Å². The number of carbonyl (C=O) groups excluding carboxylic acids is 1. The van der Waals surface area contributed by atoms with E-state index in [4.69, 9.17) is 27.9 Å². The number of H-pyrrole nitrogens is 1. The fourth-order valence-corrected chi connectivity index (χ4v) is 3.23. The van der Waals surface area contributed by atoms with E-state index < -0.39 is 11.7 Å². The summed E-state index contributed by atoms with van der Waals surface area (Å²) in [5.74, 6) is -0.659. The second kappa shape index (κ2) is 9.16. The summed E-state index contributed by atoms with van der Waals surface area (Å²) in [5.41, 5.74) is 1.46. The third-order valence-electron chi connectivity index (χ3n) is 4.29.